The number of nitrogens with one attached hydrogen (secondary N) is 1. The van der Waals surface area contributed by atoms with E-state index in [2.05, 4.69) is 53.4 Å². The van der Waals surface area contributed by atoms with Gasteiger partial charge in [-0.25, -0.2) is 4.99 Å². The zero-order chi connectivity index (χ0) is 23.8. The van der Waals surface area contributed by atoms with Crippen molar-refractivity contribution in [1.82, 2.24) is 15.2 Å². The fourth-order valence-corrected chi connectivity index (χ4v) is 5.17. The van der Waals surface area contributed by atoms with Crippen molar-refractivity contribution in [2.75, 3.05) is 31.1 Å². The number of amidine groups is 1. The molecule has 0 radical (unpaired) electrons. The third kappa shape index (κ3) is 4.46. The number of rotatable bonds is 5. The van der Waals surface area contributed by atoms with Crippen molar-refractivity contribution in [2.45, 2.75) is 38.5 Å². The van der Waals surface area contributed by atoms with Gasteiger partial charge in [0.1, 0.15) is 11.9 Å². The molecule has 3 aliphatic heterocycles. The van der Waals surface area contributed by atoms with Crippen LogP contribution in [0.1, 0.15) is 25.0 Å². The van der Waals surface area contributed by atoms with E-state index >= 15 is 0 Å². The summed E-state index contributed by atoms with van der Waals surface area (Å²) in [5, 5.41) is 11.1. The average Bonchev–Trinajstić information content (AvgIpc) is 3.43. The lowest BCUT2D eigenvalue weighted by molar-refractivity contribution is -0.130. The minimum atomic E-state index is 0.0286. The molecule has 9 heteroatoms. The van der Waals surface area contributed by atoms with Gasteiger partial charge in [-0.05, 0) is 55.8 Å². The first kappa shape index (κ1) is 23.0. The van der Waals surface area contributed by atoms with Crippen molar-refractivity contribution in [3.8, 4) is 0 Å². The van der Waals surface area contributed by atoms with Crippen LogP contribution in [0.5, 0.6) is 0 Å². The van der Waals surface area contributed by atoms with E-state index in [0.29, 0.717) is 34.7 Å². The fraction of sp³-hybridized carbons (Fsp3) is 0.400. The Morgan fingerprint density at radius 2 is 1.74 bits per heavy atom. The fourth-order valence-electron chi connectivity index (χ4n) is 4.64. The maximum absolute atomic E-state index is 12.8. The molecule has 3 aliphatic rings. The molecule has 1 amide bonds. The monoisotopic (exact) mass is 498 g/mol. The first-order chi connectivity index (χ1) is 16.4. The van der Waals surface area contributed by atoms with Crippen LogP contribution in [0, 0.1) is 0 Å². The summed E-state index contributed by atoms with van der Waals surface area (Å²) in [4.78, 5) is 21.9. The van der Waals surface area contributed by atoms with Crippen LogP contribution in [0.2, 0.25) is 10.0 Å². The van der Waals surface area contributed by atoms with E-state index in [1.807, 2.05) is 16.1 Å². The smallest absolute Gasteiger partial charge is 0.227 e. The number of piperazine rings is 1. The standard InChI is InChI=1S/C25H28Cl2N6O/c1-16(2)33-25-22(15-28-33)29-24(30-25)17-6-8-18(9-7-17)31-10-12-32(13-11-31)23(34)14-19-20(26)4-3-5-21(19)27/h3-9,15-16,22,25H,10-14H2,1-2H3,(H,29,30). The van der Waals surface area contributed by atoms with Crippen LogP contribution >= 0.6 is 23.2 Å². The minimum absolute atomic E-state index is 0.0286. The quantitative estimate of drug-likeness (QED) is 0.683. The molecule has 34 heavy (non-hydrogen) atoms. The van der Waals surface area contributed by atoms with Crippen molar-refractivity contribution in [3.63, 3.8) is 0 Å². The predicted octanol–water partition coefficient (Wildman–Crippen LogP) is 3.64. The number of halogens is 2. The Labute approximate surface area is 210 Å². The summed E-state index contributed by atoms with van der Waals surface area (Å²) in [7, 11) is 0. The van der Waals surface area contributed by atoms with Crippen molar-refractivity contribution in [3.05, 3.63) is 63.6 Å². The minimum Gasteiger partial charge on any atom is -0.368 e. The molecule has 0 saturated carbocycles. The third-order valence-electron chi connectivity index (χ3n) is 6.57. The van der Waals surface area contributed by atoms with Crippen molar-refractivity contribution in [2.24, 2.45) is 10.1 Å². The van der Waals surface area contributed by atoms with Gasteiger partial charge in [0.25, 0.3) is 0 Å². The Kier molecular flexibility index (Phi) is 6.40. The molecule has 0 aliphatic carbocycles. The van der Waals surface area contributed by atoms with Crippen LogP contribution in [-0.2, 0) is 11.2 Å². The number of fused-ring (bicyclic) bond motifs is 1. The number of hydrogen-bond donors (Lipinski definition) is 1. The van der Waals surface area contributed by atoms with E-state index < -0.39 is 0 Å². The summed E-state index contributed by atoms with van der Waals surface area (Å²) in [6, 6.07) is 14.2. The van der Waals surface area contributed by atoms with Gasteiger partial charge >= 0.3 is 0 Å². The molecular formula is C25H28Cl2N6O. The highest BCUT2D eigenvalue weighted by molar-refractivity contribution is 6.36. The van der Waals surface area contributed by atoms with Gasteiger partial charge in [-0.2, -0.15) is 5.10 Å². The maximum atomic E-state index is 12.8. The first-order valence-corrected chi connectivity index (χ1v) is 12.4. The molecule has 1 N–H and O–H groups in total. The second-order valence-corrected chi connectivity index (χ2v) is 9.91. The number of benzene rings is 2. The van der Waals surface area contributed by atoms with Gasteiger partial charge in [-0.1, -0.05) is 29.3 Å². The van der Waals surface area contributed by atoms with E-state index in [1.54, 1.807) is 18.2 Å². The van der Waals surface area contributed by atoms with E-state index in [4.69, 9.17) is 28.2 Å². The summed E-state index contributed by atoms with van der Waals surface area (Å²) in [6.07, 6.45) is 2.19. The second-order valence-electron chi connectivity index (χ2n) is 9.09. The predicted molar refractivity (Wildman–Crippen MR) is 138 cm³/mol. The molecule has 178 valence electrons. The summed E-state index contributed by atoms with van der Waals surface area (Å²) < 4.78 is 0. The molecule has 1 saturated heterocycles. The lowest BCUT2D eigenvalue weighted by Gasteiger charge is -2.36. The molecule has 3 heterocycles. The van der Waals surface area contributed by atoms with Crippen LogP contribution in [-0.4, -0.2) is 72.3 Å². The Morgan fingerprint density at radius 3 is 2.38 bits per heavy atom. The number of aliphatic imine (C=N–C) groups is 1. The topological polar surface area (TPSA) is 63.5 Å². The molecule has 2 atom stereocenters. The Bertz CT molecular complexity index is 1100. The Hall–Kier alpha value is -2.77. The van der Waals surface area contributed by atoms with Crippen LogP contribution in [0.15, 0.2) is 52.6 Å². The van der Waals surface area contributed by atoms with Gasteiger partial charge in [-0.15, -0.1) is 0 Å². The molecule has 7 nitrogen and oxygen atoms in total. The van der Waals surface area contributed by atoms with Crippen LogP contribution in [0.3, 0.4) is 0 Å². The molecular weight excluding hydrogens is 471 g/mol. The molecule has 0 aromatic heterocycles. The summed E-state index contributed by atoms with van der Waals surface area (Å²) in [5.41, 5.74) is 2.92. The van der Waals surface area contributed by atoms with Crippen molar-refractivity contribution in [1.29, 1.82) is 0 Å². The van der Waals surface area contributed by atoms with E-state index in [1.165, 1.54) is 0 Å². The zero-order valence-corrected chi connectivity index (χ0v) is 20.8. The van der Waals surface area contributed by atoms with Gasteiger partial charge in [0.2, 0.25) is 5.91 Å². The lowest BCUT2D eigenvalue weighted by atomic mass is 10.1. The molecule has 2 aromatic carbocycles. The van der Waals surface area contributed by atoms with Crippen LogP contribution in [0.25, 0.3) is 0 Å². The van der Waals surface area contributed by atoms with E-state index in [0.717, 1.165) is 30.2 Å². The van der Waals surface area contributed by atoms with Gasteiger partial charge in [0.15, 0.2) is 6.17 Å². The lowest BCUT2D eigenvalue weighted by Crippen LogP contribution is -2.49. The number of hydrazone groups is 1. The van der Waals surface area contributed by atoms with Gasteiger partial charge in [-0.3, -0.25) is 9.80 Å². The SMILES string of the molecule is CC(C)N1N=CC2NC(c3ccc(N4CCN(C(=O)Cc5c(Cl)cccc5Cl)CC4)cc3)=NC21. The van der Waals surface area contributed by atoms with Gasteiger partial charge in [0, 0.05) is 53.5 Å². The highest BCUT2D eigenvalue weighted by atomic mass is 35.5. The largest absolute Gasteiger partial charge is 0.368 e. The molecule has 5 rings (SSSR count). The summed E-state index contributed by atoms with van der Waals surface area (Å²) in [6.45, 7) is 7.16. The second kappa shape index (κ2) is 9.47. The molecule has 1 fully saturated rings. The highest BCUT2D eigenvalue weighted by Gasteiger charge is 2.37. The number of hydrogen-bond acceptors (Lipinski definition) is 6. The normalized spacial score (nSPS) is 21.7. The number of anilines is 1. The third-order valence-corrected chi connectivity index (χ3v) is 7.28. The molecule has 2 aromatic rings. The van der Waals surface area contributed by atoms with E-state index in [9.17, 15) is 4.79 Å². The Morgan fingerprint density at radius 1 is 1.06 bits per heavy atom. The Balaban J connectivity index is 1.18. The van der Waals surface area contributed by atoms with Gasteiger partial charge in [0.05, 0.1) is 12.6 Å². The maximum Gasteiger partial charge on any atom is 0.227 e. The molecule has 0 bridgehead atoms. The zero-order valence-electron chi connectivity index (χ0n) is 19.3. The van der Waals surface area contributed by atoms with Crippen molar-refractivity contribution >= 4 is 46.8 Å². The van der Waals surface area contributed by atoms with Crippen LogP contribution < -0.4 is 10.2 Å². The van der Waals surface area contributed by atoms with E-state index in [-0.39, 0.29) is 24.5 Å². The highest BCUT2D eigenvalue weighted by Crippen LogP contribution is 2.26. The molecule has 0 spiro atoms. The number of nitrogens with zero attached hydrogens (tertiary/aromatic N) is 5. The number of carbonyl (C=O) groups is 1. The van der Waals surface area contributed by atoms with Gasteiger partial charge < -0.3 is 15.1 Å². The number of amides is 1. The first-order valence-electron chi connectivity index (χ1n) is 11.6. The van der Waals surface area contributed by atoms with Crippen LogP contribution in [0.4, 0.5) is 5.69 Å². The number of carbonyl (C=O) groups excluding carboxylic acids is 1. The summed E-state index contributed by atoms with van der Waals surface area (Å²) in [5.74, 6) is 0.965. The molecule has 2 unspecified atom stereocenters. The average molecular weight is 499 g/mol. The van der Waals surface area contributed by atoms with Crippen molar-refractivity contribution < 1.29 is 4.79 Å². The summed E-state index contributed by atoms with van der Waals surface area (Å²) >= 11 is 12.5.